The number of rotatable bonds is 5. The van der Waals surface area contributed by atoms with Gasteiger partial charge in [0.2, 0.25) is 5.91 Å². The minimum absolute atomic E-state index is 0.0774. The third-order valence-corrected chi connectivity index (χ3v) is 5.69. The van der Waals surface area contributed by atoms with Crippen LogP contribution in [0.4, 0.5) is 5.69 Å². The van der Waals surface area contributed by atoms with E-state index in [9.17, 15) is 14.7 Å². The molecule has 0 aliphatic carbocycles. The first-order valence-electron chi connectivity index (χ1n) is 10.3. The lowest BCUT2D eigenvalue weighted by atomic mass is 9.87. The summed E-state index contributed by atoms with van der Waals surface area (Å²) in [7, 11) is 0. The summed E-state index contributed by atoms with van der Waals surface area (Å²) in [5, 5.41) is 14.8. The molecule has 1 heterocycles. The first-order valence-corrected chi connectivity index (χ1v) is 10.3. The molecule has 0 spiro atoms. The van der Waals surface area contributed by atoms with Gasteiger partial charge in [0.05, 0.1) is 5.56 Å². The Hall–Kier alpha value is -4.06. The number of hydrogen-bond acceptors (Lipinski definition) is 4. The number of primary amides is 1. The molecule has 3 aromatic carbocycles. The Morgan fingerprint density at radius 3 is 2.44 bits per heavy atom. The molecule has 0 saturated heterocycles. The molecule has 1 aliphatic heterocycles. The van der Waals surface area contributed by atoms with Crippen molar-refractivity contribution in [3.63, 3.8) is 0 Å². The second-order valence-corrected chi connectivity index (χ2v) is 7.88. The standard InChI is InChI=1S/C26H24N2O4/c1-5-28-21-12-23-20(9-15(21)4)24(19-8-13(2)14(3)10-22(19)32-23)18-11-16(25(27)29)6-7-17(18)26(30)31/h6-12,28H,3,5H2,1-2,4H3,(H2,27,29)(H,30,31). The molecular formula is C26H24N2O4. The summed E-state index contributed by atoms with van der Waals surface area (Å²) in [4.78, 5) is 24.0. The Bertz CT molecular complexity index is 1410. The van der Waals surface area contributed by atoms with Gasteiger partial charge in [-0.3, -0.25) is 4.79 Å². The average molecular weight is 428 g/mol. The minimum atomic E-state index is -1.09. The van der Waals surface area contributed by atoms with Crippen LogP contribution in [0.15, 0.2) is 42.5 Å². The number of fused-ring (bicyclic) bond motifs is 2. The first-order chi connectivity index (χ1) is 15.2. The van der Waals surface area contributed by atoms with Crippen LogP contribution in [0.1, 0.15) is 49.9 Å². The van der Waals surface area contributed by atoms with E-state index in [1.807, 2.05) is 45.0 Å². The van der Waals surface area contributed by atoms with Crippen molar-refractivity contribution in [1.82, 2.24) is 0 Å². The molecule has 162 valence electrons. The van der Waals surface area contributed by atoms with E-state index in [4.69, 9.17) is 10.5 Å². The van der Waals surface area contributed by atoms with Crippen LogP contribution in [0.3, 0.4) is 0 Å². The van der Waals surface area contributed by atoms with Gasteiger partial charge in [-0.05, 0) is 79.1 Å². The number of carbonyl (C=O) groups excluding carboxylic acids is 1. The molecule has 4 N–H and O–H groups in total. The van der Waals surface area contributed by atoms with Gasteiger partial charge in [0.25, 0.3) is 0 Å². The van der Waals surface area contributed by atoms with Crippen molar-refractivity contribution in [2.75, 3.05) is 11.9 Å². The summed E-state index contributed by atoms with van der Waals surface area (Å²) < 4.78 is 6.25. The minimum Gasteiger partial charge on any atom is -0.478 e. The number of amides is 1. The number of nitrogens with one attached hydrogen (secondary N) is 1. The number of benzene rings is 3. The zero-order valence-electron chi connectivity index (χ0n) is 18.2. The van der Waals surface area contributed by atoms with Gasteiger partial charge in [-0.2, -0.15) is 0 Å². The lowest BCUT2D eigenvalue weighted by Gasteiger charge is -2.24. The molecule has 0 atom stereocenters. The summed E-state index contributed by atoms with van der Waals surface area (Å²) in [6.07, 6.45) is 0. The summed E-state index contributed by atoms with van der Waals surface area (Å²) in [5.41, 5.74) is 10.5. The predicted octanol–water partition coefficient (Wildman–Crippen LogP) is 3.30. The number of carboxylic acids is 1. The molecule has 0 saturated carbocycles. The van der Waals surface area contributed by atoms with Crippen molar-refractivity contribution in [2.24, 2.45) is 5.73 Å². The number of hydrogen-bond donors (Lipinski definition) is 3. The van der Waals surface area contributed by atoms with E-state index in [0.717, 1.165) is 39.4 Å². The highest BCUT2D eigenvalue weighted by Crippen LogP contribution is 2.40. The Labute approximate surface area is 185 Å². The molecule has 6 nitrogen and oxygen atoms in total. The number of carboxylic acid groups (broad SMARTS) is 1. The number of aromatic carboxylic acids is 1. The van der Waals surface area contributed by atoms with Gasteiger partial charge in [-0.1, -0.05) is 6.58 Å². The van der Waals surface area contributed by atoms with Crippen LogP contribution >= 0.6 is 0 Å². The summed E-state index contributed by atoms with van der Waals surface area (Å²) in [6.45, 7) is 10.7. The fourth-order valence-electron chi connectivity index (χ4n) is 4.00. The zero-order valence-corrected chi connectivity index (χ0v) is 18.2. The third kappa shape index (κ3) is 3.50. The second kappa shape index (κ2) is 7.89. The smallest absolute Gasteiger partial charge is 0.336 e. The van der Waals surface area contributed by atoms with Crippen molar-refractivity contribution in [1.29, 1.82) is 0 Å². The maximum atomic E-state index is 12.1. The lowest BCUT2D eigenvalue weighted by Crippen LogP contribution is -2.23. The predicted molar refractivity (Wildman–Crippen MR) is 125 cm³/mol. The molecule has 1 aliphatic rings. The number of nitrogens with two attached hydrogens (primary N) is 1. The van der Waals surface area contributed by atoms with E-state index in [1.54, 1.807) is 6.07 Å². The Morgan fingerprint density at radius 2 is 1.78 bits per heavy atom. The largest absolute Gasteiger partial charge is 0.478 e. The van der Waals surface area contributed by atoms with Gasteiger partial charge in [0.1, 0.15) is 11.5 Å². The van der Waals surface area contributed by atoms with Gasteiger partial charge in [0, 0.05) is 40.2 Å². The van der Waals surface area contributed by atoms with E-state index in [-0.39, 0.29) is 11.1 Å². The monoisotopic (exact) mass is 428 g/mol. The highest BCUT2D eigenvalue weighted by atomic mass is 16.5. The molecule has 6 heteroatoms. The molecule has 1 amide bonds. The normalized spacial score (nSPS) is 11.9. The van der Waals surface area contributed by atoms with Crippen LogP contribution in [0.25, 0.3) is 12.2 Å². The van der Waals surface area contributed by atoms with E-state index in [2.05, 4.69) is 11.9 Å². The third-order valence-electron chi connectivity index (χ3n) is 5.69. The molecule has 0 fully saturated rings. The quantitative estimate of drug-likeness (QED) is 0.453. The lowest BCUT2D eigenvalue weighted by molar-refractivity contribution is 0.0696. The first kappa shape index (κ1) is 21.2. The highest BCUT2D eigenvalue weighted by Gasteiger charge is 2.26. The number of aryl methyl sites for hydroxylation is 2. The fraction of sp³-hybridized carbons (Fsp3) is 0.154. The molecule has 0 radical (unpaired) electrons. The number of carbonyl (C=O) groups is 2. The van der Waals surface area contributed by atoms with Crippen LogP contribution in [0.2, 0.25) is 0 Å². The van der Waals surface area contributed by atoms with Crippen LogP contribution < -0.4 is 26.2 Å². The maximum absolute atomic E-state index is 12.1. The van der Waals surface area contributed by atoms with E-state index < -0.39 is 11.9 Å². The molecular weight excluding hydrogens is 404 g/mol. The van der Waals surface area contributed by atoms with Gasteiger partial charge in [-0.15, -0.1) is 0 Å². The van der Waals surface area contributed by atoms with E-state index >= 15 is 0 Å². The molecule has 4 rings (SSSR count). The Kier molecular flexibility index (Phi) is 5.22. The van der Waals surface area contributed by atoms with E-state index in [0.29, 0.717) is 22.6 Å². The summed E-state index contributed by atoms with van der Waals surface area (Å²) in [5.74, 6) is -0.544. The van der Waals surface area contributed by atoms with Crippen LogP contribution in [-0.2, 0) is 0 Å². The van der Waals surface area contributed by atoms with Crippen LogP contribution in [0.5, 0.6) is 11.5 Å². The van der Waals surface area contributed by atoms with Crippen LogP contribution in [-0.4, -0.2) is 23.5 Å². The second-order valence-electron chi connectivity index (χ2n) is 7.88. The average Bonchev–Trinajstić information content (AvgIpc) is 2.74. The van der Waals surface area contributed by atoms with Crippen molar-refractivity contribution < 1.29 is 19.4 Å². The summed E-state index contributed by atoms with van der Waals surface area (Å²) >= 11 is 0. The van der Waals surface area contributed by atoms with Crippen LogP contribution in [0, 0.1) is 13.8 Å². The topological polar surface area (TPSA) is 102 Å². The van der Waals surface area contributed by atoms with Gasteiger partial charge < -0.3 is 20.9 Å². The van der Waals surface area contributed by atoms with Crippen molar-refractivity contribution >= 4 is 29.7 Å². The molecule has 3 aromatic rings. The fourth-order valence-corrected chi connectivity index (χ4v) is 4.00. The van der Waals surface area contributed by atoms with Gasteiger partial charge >= 0.3 is 5.97 Å². The SMILES string of the molecule is C=c1cc2c(cc1C)=C(c1cc(C(N)=O)ccc1C(=O)O)c1cc(C)c(NCC)cc1O2. The molecule has 0 unspecified atom stereocenters. The molecule has 0 aromatic heterocycles. The number of ether oxygens (including phenoxy) is 1. The zero-order chi connectivity index (χ0) is 23.2. The molecule has 0 bridgehead atoms. The Morgan fingerprint density at radius 1 is 1.03 bits per heavy atom. The Balaban J connectivity index is 2.17. The number of anilines is 1. The van der Waals surface area contributed by atoms with Crippen molar-refractivity contribution in [3.8, 4) is 11.5 Å². The van der Waals surface area contributed by atoms with Gasteiger partial charge in [0.15, 0.2) is 0 Å². The highest BCUT2D eigenvalue weighted by molar-refractivity contribution is 6.01. The van der Waals surface area contributed by atoms with Crippen molar-refractivity contribution in [2.45, 2.75) is 20.8 Å². The molecule has 32 heavy (non-hydrogen) atoms. The summed E-state index contributed by atoms with van der Waals surface area (Å²) in [6, 6.07) is 12.1. The van der Waals surface area contributed by atoms with Gasteiger partial charge in [-0.25, -0.2) is 4.79 Å². The van der Waals surface area contributed by atoms with Crippen molar-refractivity contribution in [3.05, 3.63) is 86.3 Å². The van der Waals surface area contributed by atoms with E-state index in [1.165, 1.54) is 12.1 Å². The maximum Gasteiger partial charge on any atom is 0.336 e.